The Labute approximate surface area is 168 Å². The summed E-state index contributed by atoms with van der Waals surface area (Å²) in [4.78, 5) is 28.6. The van der Waals surface area contributed by atoms with Gasteiger partial charge in [0, 0.05) is 43.2 Å². The molecule has 1 unspecified atom stereocenters. The van der Waals surface area contributed by atoms with E-state index in [1.54, 1.807) is 25.3 Å². The Balaban J connectivity index is 2.34. The van der Waals surface area contributed by atoms with Crippen molar-refractivity contribution in [2.75, 3.05) is 20.8 Å². The number of rotatable bonds is 8. The molecule has 1 aromatic carbocycles. The number of hydrogen-bond acceptors (Lipinski definition) is 6. The molecular formula is C19H26N4O4S. The van der Waals surface area contributed by atoms with Crippen molar-refractivity contribution in [3.63, 3.8) is 0 Å². The molecule has 1 heterocycles. The molecule has 0 aliphatic heterocycles. The molecule has 0 saturated heterocycles. The first-order chi connectivity index (χ1) is 13.4. The van der Waals surface area contributed by atoms with E-state index < -0.39 is 5.91 Å². The number of aromatic nitrogens is 1. The highest BCUT2D eigenvalue weighted by molar-refractivity contribution is 7.07. The summed E-state index contributed by atoms with van der Waals surface area (Å²) in [6.45, 7) is 4.49. The normalized spacial score (nSPS) is 12.5. The van der Waals surface area contributed by atoms with Crippen molar-refractivity contribution < 1.29 is 19.1 Å². The molecule has 8 nitrogen and oxygen atoms in total. The van der Waals surface area contributed by atoms with Crippen LogP contribution in [-0.2, 0) is 11.3 Å². The second-order valence-corrected chi connectivity index (χ2v) is 7.04. The lowest BCUT2D eigenvalue weighted by molar-refractivity contribution is -0.118. The summed E-state index contributed by atoms with van der Waals surface area (Å²) in [6.07, 6.45) is 0.698. The number of benzene rings is 1. The smallest absolute Gasteiger partial charge is 0.283 e. The number of nitrogens with zero attached hydrogens (tertiary/aromatic N) is 2. The van der Waals surface area contributed by atoms with Crippen molar-refractivity contribution in [2.45, 2.75) is 32.9 Å². The second kappa shape index (κ2) is 10.0. The van der Waals surface area contributed by atoms with E-state index in [4.69, 9.17) is 15.2 Å². The molecule has 2 aromatic rings. The van der Waals surface area contributed by atoms with Gasteiger partial charge in [-0.15, -0.1) is 11.3 Å². The third-order valence-corrected chi connectivity index (χ3v) is 4.94. The molecule has 0 bridgehead atoms. The monoisotopic (exact) mass is 406 g/mol. The number of methoxy groups -OCH3 is 2. The number of ether oxygens (including phenoxy) is 2. The predicted molar refractivity (Wildman–Crippen MR) is 108 cm³/mol. The van der Waals surface area contributed by atoms with E-state index in [9.17, 15) is 9.59 Å². The molecule has 1 aromatic heterocycles. The lowest BCUT2D eigenvalue weighted by Crippen LogP contribution is -2.26. The van der Waals surface area contributed by atoms with Gasteiger partial charge in [-0.2, -0.15) is 4.99 Å². The average Bonchev–Trinajstić information content (AvgIpc) is 3.07. The molecule has 9 heteroatoms. The summed E-state index contributed by atoms with van der Waals surface area (Å²) in [5.74, 6) is 0.508. The maximum atomic E-state index is 12.8. The molecule has 0 fully saturated rings. The Hall–Kier alpha value is -2.65. The van der Waals surface area contributed by atoms with Crippen molar-refractivity contribution in [1.82, 2.24) is 9.88 Å². The standard InChI is InChI=1S/C19H26N4O4S/c1-12(20)16-11-28-19(23(16)9-5-8-21-13(2)24)22-18(25)15-7-6-14(26-3)10-17(15)27-4/h6-7,10-12H,5,8-9,20H2,1-4H3,(H,21,24)/b22-19-. The van der Waals surface area contributed by atoms with E-state index in [2.05, 4.69) is 10.3 Å². The molecular weight excluding hydrogens is 380 g/mol. The van der Waals surface area contributed by atoms with Crippen LogP contribution < -0.4 is 25.3 Å². The Morgan fingerprint density at radius 3 is 2.68 bits per heavy atom. The van der Waals surface area contributed by atoms with Gasteiger partial charge in [-0.1, -0.05) is 0 Å². The number of carbonyl (C=O) groups excluding carboxylic acids is 2. The Kier molecular flexibility index (Phi) is 7.77. The minimum absolute atomic E-state index is 0.0746. The van der Waals surface area contributed by atoms with Crippen molar-refractivity contribution in [1.29, 1.82) is 0 Å². The Morgan fingerprint density at radius 1 is 1.32 bits per heavy atom. The average molecular weight is 407 g/mol. The van der Waals surface area contributed by atoms with Crippen molar-refractivity contribution >= 4 is 23.2 Å². The van der Waals surface area contributed by atoms with E-state index in [1.807, 2.05) is 16.9 Å². The third-order valence-electron chi connectivity index (χ3n) is 4.06. The first kappa shape index (κ1) is 21.6. The van der Waals surface area contributed by atoms with Crippen LogP contribution in [0.2, 0.25) is 0 Å². The van der Waals surface area contributed by atoms with Gasteiger partial charge in [0.1, 0.15) is 11.5 Å². The first-order valence-corrected chi connectivity index (χ1v) is 9.74. The van der Waals surface area contributed by atoms with E-state index in [1.165, 1.54) is 25.4 Å². The molecule has 0 aliphatic carbocycles. The Morgan fingerprint density at radius 2 is 2.07 bits per heavy atom. The maximum absolute atomic E-state index is 12.8. The minimum Gasteiger partial charge on any atom is -0.497 e. The summed E-state index contributed by atoms with van der Waals surface area (Å²) in [7, 11) is 3.04. The molecule has 2 amide bonds. The van der Waals surface area contributed by atoms with Gasteiger partial charge in [0.05, 0.1) is 19.8 Å². The molecule has 1 atom stereocenters. The van der Waals surface area contributed by atoms with Gasteiger partial charge in [-0.05, 0) is 25.5 Å². The van der Waals surface area contributed by atoms with Crippen molar-refractivity contribution in [3.8, 4) is 11.5 Å². The zero-order chi connectivity index (χ0) is 20.7. The van der Waals surface area contributed by atoms with E-state index in [0.29, 0.717) is 41.4 Å². The molecule has 3 N–H and O–H groups in total. The highest BCUT2D eigenvalue weighted by Gasteiger charge is 2.15. The molecule has 2 rings (SSSR count). The number of amides is 2. The van der Waals surface area contributed by atoms with Gasteiger partial charge in [-0.3, -0.25) is 9.59 Å². The fraction of sp³-hybridized carbons (Fsp3) is 0.421. The van der Waals surface area contributed by atoms with Crippen LogP contribution >= 0.6 is 11.3 Å². The van der Waals surface area contributed by atoms with Gasteiger partial charge in [0.25, 0.3) is 5.91 Å². The molecule has 0 saturated carbocycles. The summed E-state index contributed by atoms with van der Waals surface area (Å²) < 4.78 is 12.4. The zero-order valence-corrected chi connectivity index (χ0v) is 17.3. The quantitative estimate of drug-likeness (QED) is 0.651. The lowest BCUT2D eigenvalue weighted by Gasteiger charge is -2.12. The maximum Gasteiger partial charge on any atom is 0.283 e. The summed E-state index contributed by atoms with van der Waals surface area (Å²) in [5.41, 5.74) is 7.30. The highest BCUT2D eigenvalue weighted by atomic mass is 32.1. The fourth-order valence-electron chi connectivity index (χ4n) is 2.64. The van der Waals surface area contributed by atoms with Gasteiger partial charge in [-0.25, -0.2) is 0 Å². The number of thiazole rings is 1. The van der Waals surface area contributed by atoms with Gasteiger partial charge < -0.3 is 25.1 Å². The number of carbonyl (C=O) groups is 2. The topological polar surface area (TPSA) is 108 Å². The van der Waals surface area contributed by atoms with E-state index in [0.717, 1.165) is 5.69 Å². The van der Waals surface area contributed by atoms with Crippen LogP contribution in [0.15, 0.2) is 28.6 Å². The second-order valence-electron chi connectivity index (χ2n) is 6.20. The predicted octanol–water partition coefficient (Wildman–Crippen LogP) is 1.85. The molecule has 0 radical (unpaired) electrons. The van der Waals surface area contributed by atoms with Crippen LogP contribution in [0.5, 0.6) is 11.5 Å². The Bertz CT molecular complexity index is 902. The lowest BCUT2D eigenvalue weighted by atomic mass is 10.2. The number of nitrogens with one attached hydrogen (secondary N) is 1. The first-order valence-electron chi connectivity index (χ1n) is 8.86. The van der Waals surface area contributed by atoms with Crippen molar-refractivity contribution in [2.24, 2.45) is 10.7 Å². The SMILES string of the molecule is COc1ccc(C(=O)/N=c2\scc(C(C)N)n2CCCNC(C)=O)c(OC)c1. The van der Waals surface area contributed by atoms with E-state index >= 15 is 0 Å². The van der Waals surface area contributed by atoms with E-state index in [-0.39, 0.29) is 11.9 Å². The van der Waals surface area contributed by atoms with Crippen LogP contribution in [0.25, 0.3) is 0 Å². The fourth-order valence-corrected chi connectivity index (χ4v) is 3.67. The summed E-state index contributed by atoms with van der Waals surface area (Å²) >= 11 is 1.36. The summed E-state index contributed by atoms with van der Waals surface area (Å²) in [6, 6.07) is 4.76. The molecule has 28 heavy (non-hydrogen) atoms. The summed E-state index contributed by atoms with van der Waals surface area (Å²) in [5, 5.41) is 4.67. The molecule has 0 aliphatic rings. The number of hydrogen-bond donors (Lipinski definition) is 2. The van der Waals surface area contributed by atoms with Crippen LogP contribution in [0.1, 0.15) is 42.4 Å². The zero-order valence-electron chi connectivity index (χ0n) is 16.5. The molecule has 152 valence electrons. The van der Waals surface area contributed by atoms with Crippen molar-refractivity contribution in [3.05, 3.63) is 39.6 Å². The van der Waals surface area contributed by atoms with Gasteiger partial charge in [0.2, 0.25) is 5.91 Å². The molecule has 0 spiro atoms. The van der Waals surface area contributed by atoms with Crippen LogP contribution in [0.3, 0.4) is 0 Å². The largest absolute Gasteiger partial charge is 0.497 e. The van der Waals surface area contributed by atoms with Crippen LogP contribution in [0, 0.1) is 0 Å². The van der Waals surface area contributed by atoms with Gasteiger partial charge in [0.15, 0.2) is 4.80 Å². The highest BCUT2D eigenvalue weighted by Crippen LogP contribution is 2.25. The minimum atomic E-state index is -0.409. The van der Waals surface area contributed by atoms with Crippen LogP contribution in [0.4, 0.5) is 0 Å². The van der Waals surface area contributed by atoms with Crippen LogP contribution in [-0.4, -0.2) is 37.1 Å². The third kappa shape index (κ3) is 5.43. The van der Waals surface area contributed by atoms with Gasteiger partial charge >= 0.3 is 0 Å². The number of nitrogens with two attached hydrogens (primary N) is 1.